The molecular weight excluding hydrogens is 463 g/mol. The van der Waals surface area contributed by atoms with Crippen LogP contribution in [0, 0.1) is 65.0 Å². The van der Waals surface area contributed by atoms with Crippen LogP contribution in [0.3, 0.4) is 0 Å². The Kier molecular flexibility index (Phi) is 6.58. The summed E-state index contributed by atoms with van der Waals surface area (Å²) in [6, 6.07) is 14.5. The van der Waals surface area contributed by atoms with Crippen molar-refractivity contribution in [1.82, 2.24) is 0 Å². The number of halogens is 2. The fourth-order valence-electron chi connectivity index (χ4n) is 5.37. The lowest BCUT2D eigenvalue weighted by Crippen LogP contribution is -2.43. The molecule has 2 aliphatic carbocycles. The van der Waals surface area contributed by atoms with E-state index in [9.17, 15) is 20.2 Å². The Morgan fingerprint density at radius 2 is 1.89 bits per heavy atom. The van der Waals surface area contributed by atoms with Gasteiger partial charge in [0.15, 0.2) is 5.41 Å². The minimum Gasteiger partial charge on any atom is -0.487 e. The van der Waals surface area contributed by atoms with Crippen LogP contribution < -0.4 is 10.5 Å². The SMILES string of the molecule is Cc1cc(C)c([C@H]2[C@@H]3CCCC=C3C(C#N)=C(N)C2(C#N)C#N)cc1COc1ccc(F)cc1Cl. The number of aryl methyl sites for hydroxylation is 2. The van der Waals surface area contributed by atoms with Gasteiger partial charge in [-0.25, -0.2) is 4.39 Å². The van der Waals surface area contributed by atoms with E-state index in [1.807, 2.05) is 32.1 Å². The zero-order chi connectivity index (χ0) is 25.3. The molecule has 176 valence electrons. The van der Waals surface area contributed by atoms with E-state index < -0.39 is 17.2 Å². The third-order valence-corrected chi connectivity index (χ3v) is 7.43. The van der Waals surface area contributed by atoms with Crippen LogP contribution in [-0.4, -0.2) is 0 Å². The van der Waals surface area contributed by atoms with Crippen LogP contribution in [0.25, 0.3) is 0 Å². The number of hydrogen-bond donors (Lipinski definition) is 1. The van der Waals surface area contributed by atoms with E-state index in [0.29, 0.717) is 5.75 Å². The number of nitriles is 3. The molecule has 0 unspecified atom stereocenters. The first kappa shape index (κ1) is 24.3. The molecule has 0 saturated carbocycles. The van der Waals surface area contributed by atoms with E-state index in [-0.39, 0.29) is 28.8 Å². The zero-order valence-corrected chi connectivity index (χ0v) is 20.3. The van der Waals surface area contributed by atoms with Gasteiger partial charge in [0, 0.05) is 5.92 Å². The maximum Gasteiger partial charge on any atom is 0.191 e. The Balaban J connectivity index is 1.83. The summed E-state index contributed by atoms with van der Waals surface area (Å²) in [5.74, 6) is -0.794. The summed E-state index contributed by atoms with van der Waals surface area (Å²) < 4.78 is 19.3. The molecule has 35 heavy (non-hydrogen) atoms. The third-order valence-electron chi connectivity index (χ3n) is 7.14. The van der Waals surface area contributed by atoms with E-state index in [1.165, 1.54) is 18.2 Å². The summed E-state index contributed by atoms with van der Waals surface area (Å²) in [6.07, 6.45) is 4.51. The van der Waals surface area contributed by atoms with Crippen molar-refractivity contribution in [1.29, 1.82) is 15.8 Å². The number of fused-ring (bicyclic) bond motifs is 1. The molecule has 4 rings (SSSR count). The topological polar surface area (TPSA) is 107 Å². The van der Waals surface area contributed by atoms with Gasteiger partial charge in [0.05, 0.1) is 28.4 Å². The molecule has 0 amide bonds. The Hall–Kier alpha value is -3.79. The first-order valence-corrected chi connectivity index (χ1v) is 11.8. The van der Waals surface area contributed by atoms with E-state index in [4.69, 9.17) is 22.1 Å². The molecule has 0 fully saturated rings. The Morgan fingerprint density at radius 3 is 2.54 bits per heavy atom. The number of allylic oxidation sites excluding steroid dienone is 4. The molecule has 2 aliphatic rings. The van der Waals surface area contributed by atoms with Crippen molar-refractivity contribution in [3.8, 4) is 24.0 Å². The zero-order valence-electron chi connectivity index (χ0n) is 19.5. The van der Waals surface area contributed by atoms with Crippen LogP contribution in [0.1, 0.15) is 47.4 Å². The Labute approximate surface area is 209 Å². The highest BCUT2D eigenvalue weighted by molar-refractivity contribution is 6.32. The van der Waals surface area contributed by atoms with Gasteiger partial charge in [0.1, 0.15) is 24.2 Å². The average Bonchev–Trinajstić information content (AvgIpc) is 2.84. The molecule has 0 spiro atoms. The lowest BCUT2D eigenvalue weighted by molar-refractivity contribution is 0.301. The average molecular weight is 487 g/mol. The molecule has 0 bridgehead atoms. The number of rotatable bonds is 4. The van der Waals surface area contributed by atoms with Crippen molar-refractivity contribution in [2.75, 3.05) is 0 Å². The monoisotopic (exact) mass is 486 g/mol. The summed E-state index contributed by atoms with van der Waals surface area (Å²) in [4.78, 5) is 0. The van der Waals surface area contributed by atoms with Crippen LogP contribution in [0.4, 0.5) is 4.39 Å². The van der Waals surface area contributed by atoms with Gasteiger partial charge >= 0.3 is 0 Å². The van der Waals surface area contributed by atoms with Gasteiger partial charge in [0.25, 0.3) is 0 Å². The predicted molar refractivity (Wildman–Crippen MR) is 130 cm³/mol. The molecule has 0 saturated heterocycles. The molecular formula is C28H24ClFN4O. The second-order valence-corrected chi connectivity index (χ2v) is 9.51. The summed E-state index contributed by atoms with van der Waals surface area (Å²) in [7, 11) is 0. The van der Waals surface area contributed by atoms with Gasteiger partial charge in [-0.3, -0.25) is 0 Å². The number of hydrogen-bond acceptors (Lipinski definition) is 5. The van der Waals surface area contributed by atoms with Crippen LogP contribution in [0.15, 0.2) is 53.3 Å². The van der Waals surface area contributed by atoms with Gasteiger partial charge in [0.2, 0.25) is 0 Å². The van der Waals surface area contributed by atoms with Crippen molar-refractivity contribution in [2.24, 2.45) is 17.1 Å². The largest absolute Gasteiger partial charge is 0.487 e. The molecule has 7 heteroatoms. The second-order valence-electron chi connectivity index (χ2n) is 9.11. The highest BCUT2D eigenvalue weighted by Crippen LogP contribution is 2.56. The quantitative estimate of drug-likeness (QED) is 0.548. The fourth-order valence-corrected chi connectivity index (χ4v) is 5.59. The Morgan fingerprint density at radius 1 is 1.14 bits per heavy atom. The highest BCUT2D eigenvalue weighted by atomic mass is 35.5. The lowest BCUT2D eigenvalue weighted by Gasteiger charge is -2.44. The minimum atomic E-state index is -1.66. The standard InChI is InChI=1S/C28H24ClFN4O/c1-16-9-17(2)22(10-18(16)13-35-25-8-7-19(30)11-24(25)29)26-21-6-4-3-5-20(21)23(12-31)27(34)28(26,14-32)15-33/h5,7-11,21,26H,3-4,6,13,34H2,1-2H3/t21-,26-/m1/s1. The molecule has 0 radical (unpaired) electrons. The van der Waals surface area contributed by atoms with E-state index >= 15 is 0 Å². The van der Waals surface area contributed by atoms with E-state index in [1.54, 1.807) is 0 Å². The predicted octanol–water partition coefficient (Wildman–Crippen LogP) is 6.27. The Bertz CT molecular complexity index is 1380. The molecule has 2 atom stereocenters. The summed E-state index contributed by atoms with van der Waals surface area (Å²) in [5, 5.41) is 30.6. The van der Waals surface area contributed by atoms with Crippen molar-refractivity contribution in [3.63, 3.8) is 0 Å². The van der Waals surface area contributed by atoms with E-state index in [0.717, 1.165) is 47.1 Å². The number of nitrogens with two attached hydrogens (primary N) is 1. The minimum absolute atomic E-state index is 0.0234. The lowest BCUT2D eigenvalue weighted by atomic mass is 9.56. The van der Waals surface area contributed by atoms with Crippen molar-refractivity contribution < 1.29 is 9.13 Å². The number of nitrogens with zero attached hydrogens (tertiary/aromatic N) is 3. The van der Waals surface area contributed by atoms with Gasteiger partial charge in [-0.2, -0.15) is 15.8 Å². The fraction of sp³-hybridized carbons (Fsp3) is 0.321. The van der Waals surface area contributed by atoms with Gasteiger partial charge in [-0.15, -0.1) is 0 Å². The first-order valence-electron chi connectivity index (χ1n) is 11.4. The van der Waals surface area contributed by atoms with Crippen LogP contribution in [0.2, 0.25) is 5.02 Å². The van der Waals surface area contributed by atoms with Crippen molar-refractivity contribution in [2.45, 2.75) is 45.6 Å². The number of benzene rings is 2. The first-order chi connectivity index (χ1) is 16.8. The van der Waals surface area contributed by atoms with Gasteiger partial charge in [-0.05, 0) is 85.1 Å². The molecule has 0 aliphatic heterocycles. The van der Waals surface area contributed by atoms with Gasteiger partial charge in [-0.1, -0.05) is 29.8 Å². The van der Waals surface area contributed by atoms with Crippen LogP contribution >= 0.6 is 11.6 Å². The molecule has 0 aromatic heterocycles. The molecule has 5 nitrogen and oxygen atoms in total. The second kappa shape index (κ2) is 9.46. The molecule has 2 N–H and O–H groups in total. The maximum absolute atomic E-state index is 13.4. The maximum atomic E-state index is 13.4. The van der Waals surface area contributed by atoms with E-state index in [2.05, 4.69) is 18.2 Å². The van der Waals surface area contributed by atoms with Crippen LogP contribution in [0.5, 0.6) is 5.75 Å². The number of ether oxygens (including phenoxy) is 1. The summed E-state index contributed by atoms with van der Waals surface area (Å²) in [5.41, 5.74) is 9.45. The molecule has 2 aromatic rings. The summed E-state index contributed by atoms with van der Waals surface area (Å²) >= 11 is 6.12. The van der Waals surface area contributed by atoms with Crippen molar-refractivity contribution >= 4 is 11.6 Å². The normalized spacial score (nSPS) is 20.7. The summed E-state index contributed by atoms with van der Waals surface area (Å²) in [6.45, 7) is 4.08. The van der Waals surface area contributed by atoms with Crippen LogP contribution in [-0.2, 0) is 6.61 Å². The third kappa shape index (κ3) is 4.03. The highest BCUT2D eigenvalue weighted by Gasteiger charge is 2.54. The smallest absolute Gasteiger partial charge is 0.191 e. The molecule has 2 aromatic carbocycles. The molecule has 0 heterocycles. The van der Waals surface area contributed by atoms with Crippen molar-refractivity contribution in [3.05, 3.63) is 86.3 Å². The van der Waals surface area contributed by atoms with Gasteiger partial charge < -0.3 is 10.5 Å².